The first-order valence-electron chi connectivity index (χ1n) is 6.71. The molecule has 0 spiro atoms. The van der Waals surface area contributed by atoms with E-state index in [4.69, 9.17) is 19.6 Å². The van der Waals surface area contributed by atoms with Crippen LogP contribution in [0.25, 0.3) is 0 Å². The average molecular weight is 262 g/mol. The Morgan fingerprint density at radius 3 is 1.83 bits per heavy atom. The van der Waals surface area contributed by atoms with E-state index >= 15 is 0 Å². The molecule has 4 nitrogen and oxygen atoms in total. The van der Waals surface area contributed by atoms with Crippen LogP contribution in [0.15, 0.2) is 0 Å². The van der Waals surface area contributed by atoms with Gasteiger partial charge in [0.1, 0.15) is 0 Å². The van der Waals surface area contributed by atoms with Crippen LogP contribution in [0.3, 0.4) is 0 Å². The lowest BCUT2D eigenvalue weighted by molar-refractivity contribution is -0.400. The summed E-state index contributed by atoms with van der Waals surface area (Å²) in [4.78, 5) is 21.2. The van der Waals surface area contributed by atoms with Crippen LogP contribution >= 0.6 is 0 Å². The van der Waals surface area contributed by atoms with Gasteiger partial charge in [-0.05, 0) is 68.2 Å². The second-order valence-electron chi connectivity index (χ2n) is 6.63. The largest absolute Gasteiger partial charge is 0.234 e. The van der Waals surface area contributed by atoms with Gasteiger partial charge in [-0.25, -0.2) is 19.6 Å². The van der Waals surface area contributed by atoms with Crippen LogP contribution in [0.4, 0.5) is 0 Å². The summed E-state index contributed by atoms with van der Waals surface area (Å²) < 4.78 is 0. The maximum absolute atomic E-state index is 5.47. The number of hydrogen-bond acceptors (Lipinski definition) is 4. The molecule has 0 heterocycles. The van der Waals surface area contributed by atoms with Crippen molar-refractivity contribution in [2.75, 3.05) is 0 Å². The van der Waals surface area contributed by atoms with E-state index in [0.717, 1.165) is 12.8 Å². The highest BCUT2D eigenvalue weighted by molar-refractivity contribution is 4.69. The molecule has 0 rings (SSSR count). The van der Waals surface area contributed by atoms with Gasteiger partial charge in [0.05, 0.1) is 23.4 Å². The summed E-state index contributed by atoms with van der Waals surface area (Å²) in [6.07, 6.45) is 1.82. The van der Waals surface area contributed by atoms with E-state index < -0.39 is 0 Å². The van der Waals surface area contributed by atoms with Gasteiger partial charge < -0.3 is 0 Å². The van der Waals surface area contributed by atoms with Gasteiger partial charge in [-0.1, -0.05) is 0 Å². The molecule has 0 aromatic rings. The third kappa shape index (κ3) is 11.0. The Balaban J connectivity index is 3.88. The minimum absolute atomic E-state index is 0.0462. The highest BCUT2D eigenvalue weighted by Crippen LogP contribution is 2.22. The lowest BCUT2D eigenvalue weighted by atomic mass is 10.0. The molecule has 0 aromatic carbocycles. The van der Waals surface area contributed by atoms with Gasteiger partial charge in [0.15, 0.2) is 0 Å². The van der Waals surface area contributed by atoms with Crippen molar-refractivity contribution < 1.29 is 19.6 Å². The molecule has 4 heteroatoms. The molecule has 0 aliphatic rings. The van der Waals surface area contributed by atoms with Gasteiger partial charge in [-0.2, -0.15) is 0 Å². The summed E-state index contributed by atoms with van der Waals surface area (Å²) in [5.74, 6) is 0. The van der Waals surface area contributed by atoms with Gasteiger partial charge in [0.25, 0.3) is 0 Å². The summed E-state index contributed by atoms with van der Waals surface area (Å²) in [6.45, 7) is 15.8. The fourth-order valence-corrected chi connectivity index (χ4v) is 1.08. The van der Waals surface area contributed by atoms with E-state index in [1.165, 1.54) is 0 Å². The van der Waals surface area contributed by atoms with Crippen molar-refractivity contribution in [3.05, 3.63) is 0 Å². The molecule has 0 bridgehead atoms. The van der Waals surface area contributed by atoms with E-state index in [-0.39, 0.29) is 23.4 Å². The van der Waals surface area contributed by atoms with Crippen molar-refractivity contribution in [2.24, 2.45) is 0 Å². The topological polar surface area (TPSA) is 36.9 Å². The third-order valence-electron chi connectivity index (χ3n) is 2.08. The molecule has 0 amide bonds. The molecule has 110 valence electrons. The fourth-order valence-electron chi connectivity index (χ4n) is 1.08. The van der Waals surface area contributed by atoms with Gasteiger partial charge in [0, 0.05) is 0 Å². The molecule has 0 aliphatic carbocycles. The Labute approximate surface area is 112 Å². The van der Waals surface area contributed by atoms with Crippen LogP contribution in [-0.4, -0.2) is 23.4 Å². The molecule has 0 aromatic heterocycles. The van der Waals surface area contributed by atoms with Crippen molar-refractivity contribution in [3.8, 4) is 0 Å². The highest BCUT2D eigenvalue weighted by atomic mass is 17.2. The van der Waals surface area contributed by atoms with Gasteiger partial charge in [-0.15, -0.1) is 0 Å². The Bertz CT molecular complexity index is 218. The Morgan fingerprint density at radius 2 is 1.39 bits per heavy atom. The molecule has 18 heavy (non-hydrogen) atoms. The Kier molecular flexibility index (Phi) is 7.37. The van der Waals surface area contributed by atoms with Crippen LogP contribution in [0.1, 0.15) is 68.2 Å². The normalized spacial score (nSPS) is 15.2. The molecule has 0 radical (unpaired) electrons. The molecule has 1 atom stereocenters. The maximum Gasteiger partial charge on any atom is 0.0981 e. The zero-order chi connectivity index (χ0) is 14.4. The molecule has 1 unspecified atom stereocenters. The zero-order valence-electron chi connectivity index (χ0n) is 13.2. The summed E-state index contributed by atoms with van der Waals surface area (Å²) in [5.41, 5.74) is -0.622. The average Bonchev–Trinajstić information content (AvgIpc) is 2.20. The van der Waals surface area contributed by atoms with E-state index in [9.17, 15) is 0 Å². The van der Waals surface area contributed by atoms with Gasteiger partial charge in [-0.3, -0.25) is 0 Å². The van der Waals surface area contributed by atoms with Crippen LogP contribution in [-0.2, 0) is 19.6 Å². The highest BCUT2D eigenvalue weighted by Gasteiger charge is 2.24. The van der Waals surface area contributed by atoms with E-state index in [1.807, 2.05) is 55.4 Å². The van der Waals surface area contributed by atoms with Gasteiger partial charge >= 0.3 is 0 Å². The van der Waals surface area contributed by atoms with Crippen molar-refractivity contribution >= 4 is 0 Å². The monoisotopic (exact) mass is 262 g/mol. The number of rotatable bonds is 8. The number of hydrogen-bond donors (Lipinski definition) is 0. The zero-order valence-corrected chi connectivity index (χ0v) is 13.2. The molecule has 0 aliphatic heterocycles. The predicted molar refractivity (Wildman–Crippen MR) is 72.0 cm³/mol. The first kappa shape index (κ1) is 17.8. The predicted octanol–water partition coefficient (Wildman–Crippen LogP) is 4.04. The molecule has 0 saturated carbocycles. The van der Waals surface area contributed by atoms with E-state index in [1.54, 1.807) is 0 Å². The third-order valence-corrected chi connectivity index (χ3v) is 2.08. The minimum Gasteiger partial charge on any atom is -0.234 e. The first-order chi connectivity index (χ1) is 8.02. The summed E-state index contributed by atoms with van der Waals surface area (Å²) in [7, 11) is 0. The Hall–Kier alpha value is -0.160. The maximum atomic E-state index is 5.47. The van der Waals surface area contributed by atoms with E-state index in [0.29, 0.717) is 0 Å². The first-order valence-corrected chi connectivity index (χ1v) is 6.71. The summed E-state index contributed by atoms with van der Waals surface area (Å²) in [6, 6.07) is 0. The van der Waals surface area contributed by atoms with Crippen LogP contribution in [0.2, 0.25) is 0 Å². The molecular weight excluding hydrogens is 232 g/mol. The van der Waals surface area contributed by atoms with Crippen LogP contribution < -0.4 is 0 Å². The smallest absolute Gasteiger partial charge is 0.0981 e. The molecular formula is C14H30O4. The minimum atomic E-state index is -0.331. The van der Waals surface area contributed by atoms with Crippen LogP contribution in [0, 0.1) is 0 Å². The second kappa shape index (κ2) is 7.43. The van der Waals surface area contributed by atoms with Crippen molar-refractivity contribution in [2.45, 2.75) is 91.6 Å². The van der Waals surface area contributed by atoms with Crippen LogP contribution in [0.5, 0.6) is 0 Å². The molecule has 0 saturated heterocycles. The molecule has 0 N–H and O–H groups in total. The Morgan fingerprint density at radius 1 is 0.833 bits per heavy atom. The SMILES string of the molecule is CC(C)OOC(C)CCC(C)(C)OOC(C)(C)C. The van der Waals surface area contributed by atoms with E-state index in [2.05, 4.69) is 0 Å². The lowest BCUT2D eigenvalue weighted by Crippen LogP contribution is -2.31. The second-order valence-corrected chi connectivity index (χ2v) is 6.63. The quantitative estimate of drug-likeness (QED) is 0.489. The fraction of sp³-hybridized carbons (Fsp3) is 1.00. The molecule has 0 fully saturated rings. The summed E-state index contributed by atoms with van der Waals surface area (Å²) in [5, 5.41) is 0. The van der Waals surface area contributed by atoms with Crippen molar-refractivity contribution in [1.82, 2.24) is 0 Å². The standard InChI is InChI=1S/C14H30O4/c1-11(2)15-16-12(3)9-10-14(7,8)18-17-13(4,5)6/h11-12H,9-10H2,1-8H3. The van der Waals surface area contributed by atoms with Gasteiger partial charge in [0.2, 0.25) is 0 Å². The van der Waals surface area contributed by atoms with Crippen molar-refractivity contribution in [1.29, 1.82) is 0 Å². The lowest BCUT2D eigenvalue weighted by Gasteiger charge is -2.29. The van der Waals surface area contributed by atoms with Crippen molar-refractivity contribution in [3.63, 3.8) is 0 Å². The summed E-state index contributed by atoms with van der Waals surface area (Å²) >= 11 is 0.